The third-order valence-electron chi connectivity index (χ3n) is 6.11. The fourth-order valence-electron chi connectivity index (χ4n) is 4.16. The number of aryl methyl sites for hydroxylation is 1. The number of rotatable bonds is 6. The molecule has 2 aromatic rings. The third-order valence-corrected chi connectivity index (χ3v) is 6.11. The first-order valence-electron chi connectivity index (χ1n) is 9.92. The van der Waals surface area contributed by atoms with E-state index in [-0.39, 0.29) is 18.4 Å². The van der Waals surface area contributed by atoms with Crippen molar-refractivity contribution in [1.29, 1.82) is 5.26 Å². The summed E-state index contributed by atoms with van der Waals surface area (Å²) in [7, 11) is 1.84. The van der Waals surface area contributed by atoms with Gasteiger partial charge in [-0.2, -0.15) is 10.4 Å². The van der Waals surface area contributed by atoms with Crippen molar-refractivity contribution in [3.63, 3.8) is 0 Å². The predicted molar refractivity (Wildman–Crippen MR) is 109 cm³/mol. The summed E-state index contributed by atoms with van der Waals surface area (Å²) in [6.45, 7) is 4.46. The minimum absolute atomic E-state index is 0.0123. The van der Waals surface area contributed by atoms with Gasteiger partial charge in [0.2, 0.25) is 5.91 Å². The van der Waals surface area contributed by atoms with Gasteiger partial charge < -0.3 is 15.3 Å². The van der Waals surface area contributed by atoms with E-state index in [1.54, 1.807) is 21.8 Å². The number of hydrogen-bond donors (Lipinski definition) is 2. The molecule has 3 heterocycles. The van der Waals surface area contributed by atoms with Crippen LogP contribution in [0.1, 0.15) is 38.8 Å². The Labute approximate surface area is 170 Å². The predicted octanol–water partition coefficient (Wildman–Crippen LogP) is 2.49. The fraction of sp³-hybridized carbons (Fsp3) is 0.524. The molecule has 1 aliphatic carbocycles. The van der Waals surface area contributed by atoms with Gasteiger partial charge in [-0.3, -0.25) is 9.48 Å². The quantitative estimate of drug-likeness (QED) is 0.779. The molecule has 8 heteroatoms. The number of nitrogens with zero attached hydrogens (tertiary/aromatic N) is 5. The van der Waals surface area contributed by atoms with Crippen LogP contribution in [-0.4, -0.2) is 38.9 Å². The van der Waals surface area contributed by atoms with Crippen molar-refractivity contribution in [3.8, 4) is 6.07 Å². The van der Waals surface area contributed by atoms with Gasteiger partial charge in [-0.1, -0.05) is 13.8 Å². The molecule has 2 fully saturated rings. The number of pyridine rings is 1. The number of anilines is 3. The Hall–Kier alpha value is -2.92. The van der Waals surface area contributed by atoms with Gasteiger partial charge in [0.25, 0.3) is 0 Å². The maximum atomic E-state index is 13.0. The summed E-state index contributed by atoms with van der Waals surface area (Å²) in [4.78, 5) is 19.1. The number of aliphatic hydroxyl groups is 1. The Kier molecular flexibility index (Phi) is 4.58. The molecule has 2 aromatic heterocycles. The molecule has 1 atom stereocenters. The highest BCUT2D eigenvalue weighted by atomic mass is 16.3. The molecule has 1 aliphatic heterocycles. The zero-order chi connectivity index (χ0) is 20.8. The van der Waals surface area contributed by atoms with Gasteiger partial charge in [0.15, 0.2) is 5.82 Å². The lowest BCUT2D eigenvalue weighted by atomic mass is 9.83. The van der Waals surface area contributed by atoms with Crippen molar-refractivity contribution in [3.05, 3.63) is 30.1 Å². The largest absolute Gasteiger partial charge is 0.395 e. The summed E-state index contributed by atoms with van der Waals surface area (Å²) in [6, 6.07) is 7.81. The van der Waals surface area contributed by atoms with Crippen LogP contribution in [0.4, 0.5) is 17.3 Å². The van der Waals surface area contributed by atoms with Crippen molar-refractivity contribution in [1.82, 2.24) is 14.8 Å². The summed E-state index contributed by atoms with van der Waals surface area (Å²) in [5.41, 5.74) is 0.360. The molecule has 0 radical (unpaired) electrons. The van der Waals surface area contributed by atoms with E-state index in [9.17, 15) is 15.2 Å². The summed E-state index contributed by atoms with van der Waals surface area (Å²) in [5, 5.41) is 26.9. The van der Waals surface area contributed by atoms with E-state index in [4.69, 9.17) is 0 Å². The SMILES string of the molecule is Cn1nc(Nc2cc(N3CC[C@@](C#N)(C4CC4)C3=O)ccn2)cc1C(C)(C)CO. The smallest absolute Gasteiger partial charge is 0.247 e. The average Bonchev–Trinajstić information content (AvgIpc) is 3.41. The summed E-state index contributed by atoms with van der Waals surface area (Å²) < 4.78 is 1.74. The lowest BCUT2D eigenvalue weighted by Gasteiger charge is -2.21. The van der Waals surface area contributed by atoms with Crippen molar-refractivity contribution in [2.45, 2.75) is 38.5 Å². The molecule has 1 saturated heterocycles. The Morgan fingerprint density at radius 2 is 2.14 bits per heavy atom. The van der Waals surface area contributed by atoms with Crippen LogP contribution in [0.5, 0.6) is 0 Å². The van der Waals surface area contributed by atoms with Gasteiger partial charge in [-0.05, 0) is 31.2 Å². The van der Waals surface area contributed by atoms with Crippen LogP contribution in [0.15, 0.2) is 24.4 Å². The Bertz CT molecular complexity index is 987. The first kappa shape index (κ1) is 19.4. The molecule has 152 valence electrons. The second kappa shape index (κ2) is 6.85. The zero-order valence-electron chi connectivity index (χ0n) is 17.0. The molecule has 0 unspecified atom stereocenters. The second-order valence-electron chi connectivity index (χ2n) is 8.67. The second-order valence-corrected chi connectivity index (χ2v) is 8.67. The Morgan fingerprint density at radius 1 is 1.38 bits per heavy atom. The van der Waals surface area contributed by atoms with Crippen LogP contribution < -0.4 is 10.2 Å². The van der Waals surface area contributed by atoms with Gasteiger partial charge in [-0.15, -0.1) is 0 Å². The highest BCUT2D eigenvalue weighted by Crippen LogP contribution is 2.51. The van der Waals surface area contributed by atoms with Gasteiger partial charge in [-0.25, -0.2) is 4.98 Å². The number of carbonyl (C=O) groups is 1. The van der Waals surface area contributed by atoms with Gasteiger partial charge >= 0.3 is 0 Å². The van der Waals surface area contributed by atoms with Crippen LogP contribution >= 0.6 is 0 Å². The Balaban J connectivity index is 1.56. The fourth-order valence-corrected chi connectivity index (χ4v) is 4.16. The molecule has 2 aliphatic rings. The van der Waals surface area contributed by atoms with Gasteiger partial charge in [0.05, 0.1) is 12.7 Å². The molecule has 0 spiro atoms. The van der Waals surface area contributed by atoms with Crippen LogP contribution in [0.3, 0.4) is 0 Å². The number of hydrogen-bond acceptors (Lipinski definition) is 6. The van der Waals surface area contributed by atoms with E-state index < -0.39 is 10.8 Å². The van der Waals surface area contributed by atoms with Crippen molar-refractivity contribution in [2.75, 3.05) is 23.4 Å². The lowest BCUT2D eigenvalue weighted by molar-refractivity contribution is -0.123. The van der Waals surface area contributed by atoms with Gasteiger partial charge in [0.1, 0.15) is 11.2 Å². The summed E-state index contributed by atoms with van der Waals surface area (Å²) in [6.07, 6.45) is 4.15. The molecule has 29 heavy (non-hydrogen) atoms. The molecular formula is C21H26N6O2. The highest BCUT2D eigenvalue weighted by Gasteiger charge is 2.56. The van der Waals surface area contributed by atoms with Crippen molar-refractivity contribution >= 4 is 23.2 Å². The molecular weight excluding hydrogens is 368 g/mol. The monoisotopic (exact) mass is 394 g/mol. The molecule has 0 bridgehead atoms. The first-order chi connectivity index (χ1) is 13.8. The topological polar surface area (TPSA) is 107 Å². The maximum Gasteiger partial charge on any atom is 0.247 e. The minimum Gasteiger partial charge on any atom is -0.395 e. The normalized spacial score (nSPS) is 22.0. The van der Waals surface area contributed by atoms with E-state index >= 15 is 0 Å². The van der Waals surface area contributed by atoms with Crippen molar-refractivity contribution in [2.24, 2.45) is 18.4 Å². The van der Waals surface area contributed by atoms with E-state index in [1.807, 2.05) is 33.0 Å². The number of carbonyl (C=O) groups excluding carboxylic acids is 1. The molecule has 1 saturated carbocycles. The van der Waals surface area contributed by atoms with Crippen LogP contribution in [-0.2, 0) is 17.3 Å². The van der Waals surface area contributed by atoms with Crippen LogP contribution in [0.25, 0.3) is 0 Å². The van der Waals surface area contributed by atoms with E-state index in [0.717, 1.165) is 24.2 Å². The zero-order valence-corrected chi connectivity index (χ0v) is 17.0. The molecule has 4 rings (SSSR count). The average molecular weight is 394 g/mol. The van der Waals surface area contributed by atoms with E-state index in [1.165, 1.54) is 0 Å². The standard InChI is InChI=1S/C21H26N6O2/c1-20(2,13-28)16-11-18(25-26(16)3)24-17-10-15(6-8-23-17)27-9-7-21(12-22,19(27)29)14-4-5-14/h6,8,10-11,14,28H,4-5,7,9,13H2,1-3H3,(H,23,24,25)/t21-/m1/s1. The third kappa shape index (κ3) is 3.25. The number of nitrogens with one attached hydrogen (secondary N) is 1. The summed E-state index contributed by atoms with van der Waals surface area (Å²) >= 11 is 0. The number of amides is 1. The molecule has 8 nitrogen and oxygen atoms in total. The first-order valence-corrected chi connectivity index (χ1v) is 9.92. The minimum atomic E-state index is -0.859. The lowest BCUT2D eigenvalue weighted by Crippen LogP contribution is -2.35. The molecule has 1 amide bonds. The highest BCUT2D eigenvalue weighted by molar-refractivity contribution is 6.02. The van der Waals surface area contributed by atoms with Gasteiger partial charge in [0, 0.05) is 48.7 Å². The number of nitriles is 1. The Morgan fingerprint density at radius 3 is 2.79 bits per heavy atom. The van der Waals surface area contributed by atoms with E-state index in [2.05, 4.69) is 21.5 Å². The maximum absolute atomic E-state index is 13.0. The molecule has 2 N–H and O–H groups in total. The number of aliphatic hydroxyl groups excluding tert-OH is 1. The number of aromatic nitrogens is 3. The van der Waals surface area contributed by atoms with Crippen molar-refractivity contribution < 1.29 is 9.90 Å². The van der Waals surface area contributed by atoms with E-state index in [0.29, 0.717) is 24.6 Å². The summed E-state index contributed by atoms with van der Waals surface area (Å²) in [5.74, 6) is 1.30. The molecule has 0 aromatic carbocycles. The van der Waals surface area contributed by atoms with Crippen LogP contribution in [0, 0.1) is 22.7 Å². The van der Waals surface area contributed by atoms with Crippen LogP contribution in [0.2, 0.25) is 0 Å².